The van der Waals surface area contributed by atoms with Crippen LogP contribution in [0.25, 0.3) is 0 Å². The topological polar surface area (TPSA) is 37.4 Å². The van der Waals surface area contributed by atoms with Gasteiger partial charge in [0.15, 0.2) is 0 Å². The van der Waals surface area contributed by atoms with Crippen molar-refractivity contribution in [3.05, 3.63) is 0 Å². The van der Waals surface area contributed by atoms with Crippen LogP contribution in [0.1, 0.15) is 55.2 Å². The maximum absolute atomic E-state index is 12.4. The number of hydrogen-bond donors (Lipinski definition) is 0. The maximum atomic E-state index is 12.4. The minimum atomic E-state index is -0.383. The predicted molar refractivity (Wildman–Crippen MR) is 65.9 cm³/mol. The normalized spacial score (nSPS) is 39.1. The molecular weight excluding hydrogens is 202 g/mol. The van der Waals surface area contributed by atoms with E-state index in [4.69, 9.17) is 0 Å². The van der Waals surface area contributed by atoms with Crippen molar-refractivity contribution >= 4 is 11.8 Å². The largest absolute Gasteiger partial charge is 0.285 e. The van der Waals surface area contributed by atoms with Crippen molar-refractivity contribution in [2.75, 3.05) is 7.05 Å². The summed E-state index contributed by atoms with van der Waals surface area (Å²) in [7, 11) is 1.65. The fourth-order valence-electron chi connectivity index (χ4n) is 4.02. The third-order valence-electron chi connectivity index (χ3n) is 5.01. The molecular formula is C13H25NO2. The minimum absolute atomic E-state index is 0. The third-order valence-corrected chi connectivity index (χ3v) is 5.01. The monoisotopic (exact) mass is 227 g/mol. The van der Waals surface area contributed by atoms with Crippen molar-refractivity contribution in [2.24, 2.45) is 10.8 Å². The van der Waals surface area contributed by atoms with Gasteiger partial charge in [0.25, 0.3) is 0 Å². The Bertz CT molecular complexity index is 316. The van der Waals surface area contributed by atoms with Gasteiger partial charge in [-0.1, -0.05) is 26.7 Å². The van der Waals surface area contributed by atoms with Crippen LogP contribution < -0.4 is 0 Å². The fourth-order valence-corrected chi connectivity index (χ4v) is 4.02. The Hall–Kier alpha value is -0.860. The Morgan fingerprint density at radius 2 is 1.44 bits per heavy atom. The molecule has 3 heteroatoms. The van der Waals surface area contributed by atoms with Gasteiger partial charge in [0.1, 0.15) is 0 Å². The SMILES string of the molecule is CC[C@@]12CCCC[C@]1(CC)C(=O)N(C)C2=O.[HH].[HH]. The van der Waals surface area contributed by atoms with Gasteiger partial charge in [0, 0.05) is 9.90 Å². The van der Waals surface area contributed by atoms with E-state index < -0.39 is 0 Å². The van der Waals surface area contributed by atoms with Gasteiger partial charge in [0.2, 0.25) is 11.8 Å². The van der Waals surface area contributed by atoms with Crippen molar-refractivity contribution in [1.82, 2.24) is 4.90 Å². The van der Waals surface area contributed by atoms with Crippen molar-refractivity contribution in [3.63, 3.8) is 0 Å². The lowest BCUT2D eigenvalue weighted by Gasteiger charge is -2.44. The van der Waals surface area contributed by atoms with Crippen molar-refractivity contribution in [3.8, 4) is 0 Å². The number of nitrogens with zero attached hydrogens (tertiary/aromatic N) is 1. The highest BCUT2D eigenvalue weighted by Crippen LogP contribution is 2.60. The zero-order valence-electron chi connectivity index (χ0n) is 10.5. The first-order valence-corrected chi connectivity index (χ1v) is 6.38. The first kappa shape index (κ1) is 11.6. The second kappa shape index (κ2) is 3.57. The van der Waals surface area contributed by atoms with Crippen LogP contribution in [0, 0.1) is 10.8 Å². The summed E-state index contributed by atoms with van der Waals surface area (Å²) in [5.41, 5.74) is -0.766. The summed E-state index contributed by atoms with van der Waals surface area (Å²) in [5.74, 6) is 0.142. The first-order chi connectivity index (χ1) is 7.55. The Balaban J connectivity index is 0.00000144. The number of likely N-dealkylation sites (tertiary alicyclic amines) is 1. The molecule has 2 rings (SSSR count). The van der Waals surface area contributed by atoms with E-state index in [0.717, 1.165) is 38.5 Å². The van der Waals surface area contributed by atoms with E-state index in [2.05, 4.69) is 13.8 Å². The van der Waals surface area contributed by atoms with Gasteiger partial charge in [-0.05, 0) is 25.7 Å². The van der Waals surface area contributed by atoms with Gasteiger partial charge in [-0.2, -0.15) is 0 Å². The fraction of sp³-hybridized carbons (Fsp3) is 0.846. The average Bonchev–Trinajstić information content (AvgIpc) is 2.50. The second-order valence-corrected chi connectivity index (χ2v) is 5.25. The lowest BCUT2D eigenvalue weighted by molar-refractivity contribution is -0.140. The Labute approximate surface area is 100 Å². The Kier molecular flexibility index (Phi) is 2.59. The van der Waals surface area contributed by atoms with Gasteiger partial charge < -0.3 is 0 Å². The molecule has 1 aliphatic carbocycles. The molecule has 0 unspecified atom stereocenters. The number of amides is 2. The molecule has 1 heterocycles. The molecule has 3 nitrogen and oxygen atoms in total. The molecule has 2 atom stereocenters. The molecule has 0 radical (unpaired) electrons. The number of carbonyl (C=O) groups excluding carboxylic acids is 2. The molecule has 1 aliphatic heterocycles. The molecule has 16 heavy (non-hydrogen) atoms. The van der Waals surface area contributed by atoms with Gasteiger partial charge in [0.05, 0.1) is 10.8 Å². The van der Waals surface area contributed by atoms with Crippen LogP contribution in [0.4, 0.5) is 0 Å². The van der Waals surface area contributed by atoms with E-state index in [-0.39, 0.29) is 25.5 Å². The minimum Gasteiger partial charge on any atom is -0.285 e. The van der Waals surface area contributed by atoms with E-state index in [1.165, 1.54) is 4.90 Å². The lowest BCUT2D eigenvalue weighted by atomic mass is 9.55. The molecule has 1 saturated heterocycles. The molecule has 0 aromatic heterocycles. The summed E-state index contributed by atoms with van der Waals surface area (Å²) in [4.78, 5) is 26.1. The third kappa shape index (κ3) is 1.04. The molecule has 2 fully saturated rings. The van der Waals surface area contributed by atoms with Gasteiger partial charge in [-0.15, -0.1) is 0 Å². The number of carbonyl (C=O) groups is 2. The van der Waals surface area contributed by atoms with Crippen LogP contribution >= 0.6 is 0 Å². The summed E-state index contributed by atoms with van der Waals surface area (Å²) < 4.78 is 0. The molecule has 1 saturated carbocycles. The highest BCUT2D eigenvalue weighted by atomic mass is 16.2. The highest BCUT2D eigenvalue weighted by molar-refractivity contribution is 6.09. The zero-order valence-corrected chi connectivity index (χ0v) is 10.5. The maximum Gasteiger partial charge on any atom is 0.236 e. The predicted octanol–water partition coefficient (Wildman–Crippen LogP) is 2.84. The number of fused-ring (bicyclic) bond motifs is 1. The standard InChI is InChI=1S/C13H21NO2.2H2/c1-4-12-8-6-7-9-13(12,5-2)11(16)14(3)10(12)15;;/h4-9H2,1-3H3;2*1H/t12-,13+;;. The van der Waals surface area contributed by atoms with Crippen molar-refractivity contribution < 1.29 is 12.4 Å². The Morgan fingerprint density at radius 1 is 1.06 bits per heavy atom. The van der Waals surface area contributed by atoms with Gasteiger partial charge in [-0.3, -0.25) is 14.5 Å². The second-order valence-electron chi connectivity index (χ2n) is 5.25. The summed E-state index contributed by atoms with van der Waals surface area (Å²) in [6, 6.07) is 0. The molecule has 0 aromatic carbocycles. The molecule has 2 aliphatic rings. The van der Waals surface area contributed by atoms with Crippen molar-refractivity contribution in [1.29, 1.82) is 0 Å². The smallest absolute Gasteiger partial charge is 0.236 e. The number of rotatable bonds is 2. The van der Waals surface area contributed by atoms with Crippen LogP contribution in [0.2, 0.25) is 0 Å². The lowest BCUT2D eigenvalue weighted by Crippen LogP contribution is -2.46. The van der Waals surface area contributed by atoms with E-state index in [1.807, 2.05) is 0 Å². The average molecular weight is 227 g/mol. The molecule has 0 aromatic rings. The molecule has 0 bridgehead atoms. The van der Waals surface area contributed by atoms with Gasteiger partial charge >= 0.3 is 0 Å². The van der Waals surface area contributed by atoms with Crippen LogP contribution in [0.5, 0.6) is 0 Å². The zero-order chi connectivity index (χ0) is 12.0. The summed E-state index contributed by atoms with van der Waals surface area (Å²) in [6.07, 6.45) is 5.56. The summed E-state index contributed by atoms with van der Waals surface area (Å²) in [6.45, 7) is 4.11. The molecule has 94 valence electrons. The van der Waals surface area contributed by atoms with E-state index >= 15 is 0 Å². The summed E-state index contributed by atoms with van der Waals surface area (Å²) in [5, 5.41) is 0. The van der Waals surface area contributed by atoms with Crippen LogP contribution in [0.15, 0.2) is 0 Å². The Morgan fingerprint density at radius 3 is 1.75 bits per heavy atom. The first-order valence-electron chi connectivity index (χ1n) is 6.38. The van der Waals surface area contributed by atoms with Crippen molar-refractivity contribution in [2.45, 2.75) is 52.4 Å². The van der Waals surface area contributed by atoms with Crippen LogP contribution in [0.3, 0.4) is 0 Å². The van der Waals surface area contributed by atoms with E-state index in [1.54, 1.807) is 7.05 Å². The van der Waals surface area contributed by atoms with Crippen LogP contribution in [-0.4, -0.2) is 23.8 Å². The number of imide groups is 1. The highest BCUT2D eigenvalue weighted by Gasteiger charge is 2.66. The quantitative estimate of drug-likeness (QED) is 0.680. The van der Waals surface area contributed by atoms with E-state index in [0.29, 0.717) is 0 Å². The molecule has 0 N–H and O–H groups in total. The summed E-state index contributed by atoms with van der Waals surface area (Å²) >= 11 is 0. The van der Waals surface area contributed by atoms with Crippen LogP contribution in [-0.2, 0) is 9.59 Å². The number of hydrogen-bond acceptors (Lipinski definition) is 2. The molecule has 0 spiro atoms. The molecule has 2 amide bonds. The van der Waals surface area contributed by atoms with Gasteiger partial charge in [-0.25, -0.2) is 0 Å². The van der Waals surface area contributed by atoms with E-state index in [9.17, 15) is 9.59 Å².